The van der Waals surface area contributed by atoms with Gasteiger partial charge in [-0.1, -0.05) is 63.0 Å². The molecule has 4 aliphatic rings. The lowest BCUT2D eigenvalue weighted by molar-refractivity contribution is 0.133. The van der Waals surface area contributed by atoms with Crippen molar-refractivity contribution < 1.29 is 0 Å². The molecule has 4 aliphatic carbocycles. The van der Waals surface area contributed by atoms with Crippen molar-refractivity contribution >= 4 is 0 Å². The van der Waals surface area contributed by atoms with E-state index in [-0.39, 0.29) is 0 Å². The Kier molecular flexibility index (Phi) is 6.59. The molecule has 0 bridgehead atoms. The maximum absolute atomic E-state index is 2.70. The van der Waals surface area contributed by atoms with Gasteiger partial charge in [0.25, 0.3) is 0 Å². The summed E-state index contributed by atoms with van der Waals surface area (Å²) in [5, 5.41) is 0. The van der Waals surface area contributed by atoms with Crippen LogP contribution in [0.3, 0.4) is 0 Å². The topological polar surface area (TPSA) is 0 Å². The smallest absolute Gasteiger partial charge is 0.0203 e. The average molecular weight is 343 g/mol. The highest BCUT2D eigenvalue weighted by molar-refractivity contribution is 5.10. The van der Waals surface area contributed by atoms with E-state index in [1.807, 2.05) is 5.57 Å². The van der Waals surface area contributed by atoms with E-state index in [4.69, 9.17) is 0 Å². The van der Waals surface area contributed by atoms with Gasteiger partial charge in [-0.15, -0.1) is 0 Å². The molecule has 0 heterocycles. The fraction of sp³-hybridized carbons (Fsp3) is 0.920. The van der Waals surface area contributed by atoms with Gasteiger partial charge >= 0.3 is 0 Å². The second-order valence-electron chi connectivity index (χ2n) is 10.1. The summed E-state index contributed by atoms with van der Waals surface area (Å²) in [5.41, 5.74) is 1.89. The second kappa shape index (κ2) is 9.09. The van der Waals surface area contributed by atoms with Gasteiger partial charge in [0, 0.05) is 0 Å². The largest absolute Gasteiger partial charge is 0.0850 e. The molecule has 0 aromatic heterocycles. The van der Waals surface area contributed by atoms with Crippen LogP contribution in [0.1, 0.15) is 116 Å². The molecule has 0 aromatic carbocycles. The summed E-state index contributed by atoms with van der Waals surface area (Å²) in [6.07, 6.45) is 30.1. The average Bonchev–Trinajstić information content (AvgIpc) is 2.96. The molecule has 0 radical (unpaired) electrons. The second-order valence-corrected chi connectivity index (χ2v) is 10.1. The highest BCUT2D eigenvalue weighted by Gasteiger charge is 2.32. The van der Waals surface area contributed by atoms with Crippen LogP contribution in [0.15, 0.2) is 11.6 Å². The van der Waals surface area contributed by atoms with Crippen molar-refractivity contribution in [3.63, 3.8) is 0 Å². The van der Waals surface area contributed by atoms with E-state index in [1.54, 1.807) is 38.5 Å². The number of hydrogen-bond donors (Lipinski definition) is 0. The lowest BCUT2D eigenvalue weighted by Gasteiger charge is -2.38. The summed E-state index contributed by atoms with van der Waals surface area (Å²) in [4.78, 5) is 0. The van der Waals surface area contributed by atoms with Crippen LogP contribution in [0.25, 0.3) is 0 Å². The summed E-state index contributed by atoms with van der Waals surface area (Å²) in [5.74, 6) is 5.35. The van der Waals surface area contributed by atoms with Crippen molar-refractivity contribution in [3.05, 3.63) is 11.6 Å². The Hall–Kier alpha value is -0.260. The number of rotatable bonds is 3. The summed E-state index contributed by atoms with van der Waals surface area (Å²) < 4.78 is 0. The fourth-order valence-corrected chi connectivity index (χ4v) is 7.09. The molecule has 0 aliphatic heterocycles. The molecule has 142 valence electrons. The Labute approximate surface area is 157 Å². The Morgan fingerprint density at radius 1 is 0.480 bits per heavy atom. The molecule has 25 heavy (non-hydrogen) atoms. The molecular formula is C25H42. The first-order valence-electron chi connectivity index (χ1n) is 12.1. The Balaban J connectivity index is 1.24. The van der Waals surface area contributed by atoms with Crippen LogP contribution in [-0.2, 0) is 0 Å². The van der Waals surface area contributed by atoms with Gasteiger partial charge in [-0.25, -0.2) is 0 Å². The van der Waals surface area contributed by atoms with Crippen molar-refractivity contribution in [2.45, 2.75) is 116 Å². The Bertz CT molecular complexity index is 413. The molecule has 3 fully saturated rings. The summed E-state index contributed by atoms with van der Waals surface area (Å²) in [7, 11) is 0. The SMILES string of the molecule is C1=C(C2CCCCC2)CCC(C2CCC(C3CCCCC3)CC2)CC1. The lowest BCUT2D eigenvalue weighted by atomic mass is 9.67. The van der Waals surface area contributed by atoms with Gasteiger partial charge in [0.15, 0.2) is 0 Å². The van der Waals surface area contributed by atoms with E-state index >= 15 is 0 Å². The highest BCUT2D eigenvalue weighted by atomic mass is 14.4. The van der Waals surface area contributed by atoms with Crippen molar-refractivity contribution in [3.8, 4) is 0 Å². The summed E-state index contributed by atoms with van der Waals surface area (Å²) in [6, 6.07) is 0. The third kappa shape index (κ3) is 4.72. The van der Waals surface area contributed by atoms with Crippen molar-refractivity contribution in [2.24, 2.45) is 29.6 Å². The molecular weight excluding hydrogens is 300 g/mol. The van der Waals surface area contributed by atoms with Crippen LogP contribution in [0.5, 0.6) is 0 Å². The molecule has 0 N–H and O–H groups in total. The molecule has 0 nitrogen and oxygen atoms in total. The molecule has 0 aromatic rings. The van der Waals surface area contributed by atoms with E-state index in [0.29, 0.717) is 0 Å². The standard InChI is InChI=1S/C25H42/c1-3-8-20(9-4-1)22-12-7-13-23(15-14-22)25-18-16-24(17-19-25)21-10-5-2-6-11-21/h12,20-21,23-25H,1-11,13-19H2. The van der Waals surface area contributed by atoms with E-state index in [0.717, 1.165) is 29.6 Å². The van der Waals surface area contributed by atoms with Crippen LogP contribution >= 0.6 is 0 Å². The van der Waals surface area contributed by atoms with Crippen LogP contribution in [0.4, 0.5) is 0 Å². The minimum absolute atomic E-state index is 0.981. The van der Waals surface area contributed by atoms with Crippen molar-refractivity contribution in [1.82, 2.24) is 0 Å². The molecule has 0 saturated heterocycles. The lowest BCUT2D eigenvalue weighted by Crippen LogP contribution is -2.27. The zero-order valence-corrected chi connectivity index (χ0v) is 16.7. The number of allylic oxidation sites excluding steroid dienone is 2. The predicted octanol–water partition coefficient (Wildman–Crippen LogP) is 8.07. The molecule has 3 saturated carbocycles. The quantitative estimate of drug-likeness (QED) is 0.455. The van der Waals surface area contributed by atoms with Gasteiger partial charge in [-0.05, 0) is 93.8 Å². The zero-order chi connectivity index (χ0) is 16.9. The maximum Gasteiger partial charge on any atom is -0.0203 e. The normalized spacial score (nSPS) is 36.6. The molecule has 4 rings (SSSR count). The van der Waals surface area contributed by atoms with Crippen LogP contribution < -0.4 is 0 Å². The first-order chi connectivity index (χ1) is 12.4. The monoisotopic (exact) mass is 342 g/mol. The third-order valence-corrected chi connectivity index (χ3v) is 8.68. The zero-order valence-electron chi connectivity index (χ0n) is 16.7. The minimum atomic E-state index is 0.981. The summed E-state index contributed by atoms with van der Waals surface area (Å²) >= 11 is 0. The van der Waals surface area contributed by atoms with Crippen molar-refractivity contribution in [1.29, 1.82) is 0 Å². The molecule has 1 atom stereocenters. The van der Waals surface area contributed by atoms with Gasteiger partial charge in [0.05, 0.1) is 0 Å². The predicted molar refractivity (Wildman–Crippen MR) is 109 cm³/mol. The highest BCUT2D eigenvalue weighted by Crippen LogP contribution is 2.45. The van der Waals surface area contributed by atoms with Crippen molar-refractivity contribution in [2.75, 3.05) is 0 Å². The fourth-order valence-electron chi connectivity index (χ4n) is 7.09. The van der Waals surface area contributed by atoms with Crippen LogP contribution in [0, 0.1) is 29.6 Å². The number of hydrogen-bond acceptors (Lipinski definition) is 0. The van der Waals surface area contributed by atoms with Gasteiger partial charge in [-0.2, -0.15) is 0 Å². The third-order valence-electron chi connectivity index (χ3n) is 8.68. The minimum Gasteiger partial charge on any atom is -0.0850 e. The van der Waals surface area contributed by atoms with E-state index in [2.05, 4.69) is 6.08 Å². The first-order valence-corrected chi connectivity index (χ1v) is 12.1. The van der Waals surface area contributed by atoms with Crippen LogP contribution in [-0.4, -0.2) is 0 Å². The van der Waals surface area contributed by atoms with E-state index < -0.39 is 0 Å². The van der Waals surface area contributed by atoms with Gasteiger partial charge in [0.1, 0.15) is 0 Å². The van der Waals surface area contributed by atoms with Gasteiger partial charge in [0.2, 0.25) is 0 Å². The van der Waals surface area contributed by atoms with E-state index in [9.17, 15) is 0 Å². The van der Waals surface area contributed by atoms with Crippen LogP contribution in [0.2, 0.25) is 0 Å². The molecule has 0 heteroatoms. The summed E-state index contributed by atoms with van der Waals surface area (Å²) in [6.45, 7) is 0. The molecule has 0 amide bonds. The Morgan fingerprint density at radius 3 is 1.64 bits per heavy atom. The van der Waals surface area contributed by atoms with Gasteiger partial charge in [-0.3, -0.25) is 0 Å². The first kappa shape index (κ1) is 18.1. The van der Waals surface area contributed by atoms with E-state index in [1.165, 1.54) is 77.0 Å². The Morgan fingerprint density at radius 2 is 1.00 bits per heavy atom. The molecule has 0 spiro atoms. The van der Waals surface area contributed by atoms with Gasteiger partial charge < -0.3 is 0 Å². The molecule has 1 unspecified atom stereocenters. The maximum atomic E-state index is 2.70.